The summed E-state index contributed by atoms with van der Waals surface area (Å²) in [6, 6.07) is 0.779. The van der Waals surface area contributed by atoms with E-state index in [1.165, 1.54) is 19.5 Å². The first-order valence-electron chi connectivity index (χ1n) is 4.38. The van der Waals surface area contributed by atoms with E-state index in [1.807, 2.05) is 0 Å². The van der Waals surface area contributed by atoms with Gasteiger partial charge >= 0.3 is 0 Å². The van der Waals surface area contributed by atoms with Gasteiger partial charge in [0.15, 0.2) is 6.34 Å². The van der Waals surface area contributed by atoms with Crippen LogP contribution in [0.5, 0.6) is 0 Å². The summed E-state index contributed by atoms with van der Waals surface area (Å²) < 4.78 is 1.06. The fraction of sp³-hybridized carbons (Fsp3) is 0.875. The summed E-state index contributed by atoms with van der Waals surface area (Å²) in [4.78, 5) is 4.35. The molecular formula is C8H16N3+. The van der Waals surface area contributed by atoms with Crippen LogP contribution in [0, 0.1) is 0 Å². The van der Waals surface area contributed by atoms with Gasteiger partial charge in [0, 0.05) is 19.5 Å². The lowest BCUT2D eigenvalue weighted by molar-refractivity contribution is -0.846. The highest BCUT2D eigenvalue weighted by Gasteiger charge is 2.35. The lowest BCUT2D eigenvalue weighted by Crippen LogP contribution is -2.63. The molecule has 2 aliphatic rings. The van der Waals surface area contributed by atoms with Gasteiger partial charge in [-0.2, -0.15) is 0 Å². The lowest BCUT2D eigenvalue weighted by atomic mass is 10.1. The molecule has 2 heterocycles. The normalized spacial score (nSPS) is 43.5. The zero-order valence-electron chi connectivity index (χ0n) is 7.08. The molecule has 2 atom stereocenters. The number of fused-ring (bicyclic) bond motifs is 1. The second-order valence-corrected chi connectivity index (χ2v) is 3.74. The molecular weight excluding hydrogens is 138 g/mol. The molecule has 0 radical (unpaired) electrons. The summed E-state index contributed by atoms with van der Waals surface area (Å²) in [5.74, 6) is 0. The topological polar surface area (TPSA) is 24.4 Å². The standard InChI is InChI=1S/C8H16N3/c1-11-5-4-9-6-8(11)2-3-10-7-11/h7-9H,2-6H2,1H3/q+1. The van der Waals surface area contributed by atoms with E-state index in [0.717, 1.165) is 23.6 Å². The average molecular weight is 154 g/mol. The maximum absolute atomic E-state index is 4.35. The SMILES string of the molecule is C[N+]12C=NCCC1CNCC2. The molecule has 2 aliphatic heterocycles. The van der Waals surface area contributed by atoms with Crippen LogP contribution < -0.4 is 5.32 Å². The van der Waals surface area contributed by atoms with Crippen molar-refractivity contribution in [3.63, 3.8) is 0 Å². The highest BCUT2D eigenvalue weighted by atomic mass is 15.4. The van der Waals surface area contributed by atoms with Gasteiger partial charge in [-0.1, -0.05) is 0 Å². The van der Waals surface area contributed by atoms with Gasteiger partial charge in [-0.05, 0) is 0 Å². The Kier molecular flexibility index (Phi) is 1.69. The zero-order chi connectivity index (χ0) is 7.73. The predicted octanol–water partition coefficient (Wildman–Crippen LogP) is -0.163. The largest absolute Gasteiger partial charge is 0.306 e. The molecule has 62 valence electrons. The van der Waals surface area contributed by atoms with Crippen LogP contribution in [0.15, 0.2) is 4.99 Å². The van der Waals surface area contributed by atoms with Crippen molar-refractivity contribution in [2.45, 2.75) is 12.5 Å². The molecule has 0 spiro atoms. The number of nitrogens with one attached hydrogen (secondary N) is 1. The van der Waals surface area contributed by atoms with Crippen LogP contribution in [0.25, 0.3) is 0 Å². The molecule has 0 aromatic heterocycles. The maximum Gasteiger partial charge on any atom is 0.185 e. The zero-order valence-corrected chi connectivity index (χ0v) is 7.08. The third-order valence-electron chi connectivity index (χ3n) is 2.92. The Balaban J connectivity index is 2.17. The first-order valence-corrected chi connectivity index (χ1v) is 4.38. The number of aliphatic imine (C=N–C) groups is 1. The van der Waals surface area contributed by atoms with E-state index in [-0.39, 0.29) is 0 Å². The molecule has 3 nitrogen and oxygen atoms in total. The smallest absolute Gasteiger partial charge is 0.185 e. The Morgan fingerprint density at radius 3 is 3.36 bits per heavy atom. The lowest BCUT2D eigenvalue weighted by Gasteiger charge is -2.42. The second-order valence-electron chi connectivity index (χ2n) is 3.74. The summed E-state index contributed by atoms with van der Waals surface area (Å²) in [6.45, 7) is 4.54. The van der Waals surface area contributed by atoms with Crippen LogP contribution in [0.1, 0.15) is 6.42 Å². The Bertz CT molecular complexity index is 178. The Hall–Kier alpha value is -0.410. The van der Waals surface area contributed by atoms with E-state index >= 15 is 0 Å². The summed E-state index contributed by atoms with van der Waals surface area (Å²) in [7, 11) is 2.29. The molecule has 1 N–H and O–H groups in total. The number of hydrogen-bond donors (Lipinski definition) is 1. The maximum atomic E-state index is 4.35. The Morgan fingerprint density at radius 1 is 1.64 bits per heavy atom. The molecule has 0 amide bonds. The minimum atomic E-state index is 0.779. The van der Waals surface area contributed by atoms with Gasteiger partial charge in [0.25, 0.3) is 0 Å². The minimum Gasteiger partial charge on any atom is -0.306 e. The van der Waals surface area contributed by atoms with Crippen LogP contribution in [0.2, 0.25) is 0 Å². The number of piperazine rings is 1. The van der Waals surface area contributed by atoms with Crippen molar-refractivity contribution in [2.75, 3.05) is 33.2 Å². The third kappa shape index (κ3) is 1.19. The summed E-state index contributed by atoms with van der Waals surface area (Å²) in [5.41, 5.74) is 0. The molecule has 0 aliphatic carbocycles. The fourth-order valence-corrected chi connectivity index (χ4v) is 2.00. The number of rotatable bonds is 0. The number of nitrogens with zero attached hydrogens (tertiary/aromatic N) is 2. The van der Waals surface area contributed by atoms with E-state index in [4.69, 9.17) is 0 Å². The van der Waals surface area contributed by atoms with Gasteiger partial charge in [0.2, 0.25) is 0 Å². The van der Waals surface area contributed by atoms with Crippen LogP contribution in [0.3, 0.4) is 0 Å². The molecule has 1 saturated heterocycles. The molecule has 11 heavy (non-hydrogen) atoms. The molecule has 0 aromatic carbocycles. The van der Waals surface area contributed by atoms with Gasteiger partial charge in [-0.3, -0.25) is 4.48 Å². The van der Waals surface area contributed by atoms with Gasteiger partial charge < -0.3 is 5.32 Å². The Labute approximate surface area is 67.7 Å². The van der Waals surface area contributed by atoms with Crippen molar-refractivity contribution < 1.29 is 4.48 Å². The van der Waals surface area contributed by atoms with Crippen LogP contribution in [0.4, 0.5) is 0 Å². The fourth-order valence-electron chi connectivity index (χ4n) is 2.00. The van der Waals surface area contributed by atoms with Gasteiger partial charge in [-0.15, -0.1) is 0 Å². The molecule has 0 bridgehead atoms. The summed E-state index contributed by atoms with van der Waals surface area (Å²) in [6.07, 6.45) is 3.38. The van der Waals surface area contributed by atoms with E-state index < -0.39 is 0 Å². The predicted molar refractivity (Wildman–Crippen MR) is 45.7 cm³/mol. The first-order chi connectivity index (χ1) is 5.31. The van der Waals surface area contributed by atoms with Crippen molar-refractivity contribution in [1.82, 2.24) is 5.32 Å². The summed E-state index contributed by atoms with van der Waals surface area (Å²) in [5, 5.41) is 3.43. The van der Waals surface area contributed by atoms with Gasteiger partial charge in [-0.25, -0.2) is 4.99 Å². The van der Waals surface area contributed by atoms with Crippen molar-refractivity contribution in [2.24, 2.45) is 4.99 Å². The van der Waals surface area contributed by atoms with Crippen LogP contribution in [-0.2, 0) is 0 Å². The van der Waals surface area contributed by atoms with Crippen molar-refractivity contribution in [1.29, 1.82) is 0 Å². The number of likely N-dealkylation sites (N-methyl/N-ethyl adjacent to an activating group) is 1. The molecule has 2 unspecified atom stereocenters. The van der Waals surface area contributed by atoms with Crippen molar-refractivity contribution in [3.8, 4) is 0 Å². The highest BCUT2D eigenvalue weighted by Crippen LogP contribution is 2.17. The Morgan fingerprint density at radius 2 is 2.55 bits per heavy atom. The molecule has 1 fully saturated rings. The van der Waals surface area contributed by atoms with Gasteiger partial charge in [0.05, 0.1) is 20.1 Å². The molecule has 0 aromatic rings. The minimum absolute atomic E-state index is 0.779. The van der Waals surface area contributed by atoms with Gasteiger partial charge in [0.1, 0.15) is 6.04 Å². The van der Waals surface area contributed by atoms with E-state index in [1.54, 1.807) is 0 Å². The van der Waals surface area contributed by atoms with Crippen LogP contribution >= 0.6 is 0 Å². The van der Waals surface area contributed by atoms with Crippen molar-refractivity contribution >= 4 is 6.34 Å². The summed E-state index contributed by atoms with van der Waals surface area (Å²) >= 11 is 0. The van der Waals surface area contributed by atoms with E-state index in [2.05, 4.69) is 23.7 Å². The van der Waals surface area contributed by atoms with Crippen LogP contribution in [-0.4, -0.2) is 50.1 Å². The molecule has 2 rings (SSSR count). The third-order valence-corrected chi connectivity index (χ3v) is 2.92. The number of hydrogen-bond acceptors (Lipinski definition) is 2. The first kappa shape index (κ1) is 7.25. The quantitative estimate of drug-likeness (QED) is 0.482. The van der Waals surface area contributed by atoms with E-state index in [0.29, 0.717) is 0 Å². The van der Waals surface area contributed by atoms with Crippen molar-refractivity contribution in [3.05, 3.63) is 0 Å². The second kappa shape index (κ2) is 2.57. The number of quaternary nitrogens is 1. The molecule has 3 heteroatoms. The highest BCUT2D eigenvalue weighted by molar-refractivity contribution is 5.47. The monoisotopic (exact) mass is 154 g/mol. The molecule has 0 saturated carbocycles. The van der Waals surface area contributed by atoms with E-state index in [9.17, 15) is 0 Å². The average Bonchev–Trinajstić information content (AvgIpc) is 2.03.